The highest BCUT2D eigenvalue weighted by Crippen LogP contribution is 2.09. The van der Waals surface area contributed by atoms with Gasteiger partial charge in [-0.2, -0.15) is 0 Å². The van der Waals surface area contributed by atoms with Gasteiger partial charge in [0.15, 0.2) is 0 Å². The zero-order valence-electron chi connectivity index (χ0n) is 10.2. The van der Waals surface area contributed by atoms with Crippen LogP contribution in [0, 0.1) is 0 Å². The molecule has 92 valence electrons. The highest BCUT2D eigenvalue weighted by Gasteiger charge is 2.20. The Morgan fingerprint density at radius 3 is 2.62 bits per heavy atom. The van der Waals surface area contributed by atoms with Crippen molar-refractivity contribution in [1.29, 1.82) is 0 Å². The summed E-state index contributed by atoms with van der Waals surface area (Å²) in [6, 6.07) is 0.0739. The average molecular weight is 225 g/mol. The number of nitrogens with zero attached hydrogens (tertiary/aromatic N) is 1. The van der Waals surface area contributed by atoms with E-state index in [0.29, 0.717) is 13.0 Å². The average Bonchev–Trinajstić information content (AvgIpc) is 2.76. The molecule has 4 nitrogen and oxygen atoms in total. The molecule has 1 atom stereocenters. The SMILES string of the molecule is C=C(C)CNC(CN)CC(=O)N1CCCC1. The molecule has 3 N–H and O–H groups in total. The second-order valence-electron chi connectivity index (χ2n) is 4.56. The molecule has 1 aliphatic rings. The van der Waals surface area contributed by atoms with Gasteiger partial charge in [0, 0.05) is 38.6 Å². The molecule has 1 rings (SSSR count). The molecule has 1 unspecified atom stereocenters. The highest BCUT2D eigenvalue weighted by atomic mass is 16.2. The van der Waals surface area contributed by atoms with Crippen LogP contribution in [0.4, 0.5) is 0 Å². The van der Waals surface area contributed by atoms with Crippen molar-refractivity contribution < 1.29 is 4.79 Å². The van der Waals surface area contributed by atoms with Gasteiger partial charge in [-0.05, 0) is 19.8 Å². The molecule has 0 saturated carbocycles. The minimum Gasteiger partial charge on any atom is -0.343 e. The van der Waals surface area contributed by atoms with Gasteiger partial charge < -0.3 is 16.0 Å². The van der Waals surface area contributed by atoms with Crippen molar-refractivity contribution in [2.24, 2.45) is 5.73 Å². The lowest BCUT2D eigenvalue weighted by molar-refractivity contribution is -0.130. The van der Waals surface area contributed by atoms with E-state index in [1.54, 1.807) is 0 Å². The number of carbonyl (C=O) groups is 1. The third kappa shape index (κ3) is 4.33. The highest BCUT2D eigenvalue weighted by molar-refractivity contribution is 5.77. The molecule has 0 spiro atoms. The van der Waals surface area contributed by atoms with Crippen molar-refractivity contribution in [1.82, 2.24) is 10.2 Å². The van der Waals surface area contributed by atoms with Crippen LogP contribution in [0.1, 0.15) is 26.2 Å². The molecule has 0 aliphatic carbocycles. The molecule has 4 heteroatoms. The van der Waals surface area contributed by atoms with E-state index in [1.807, 2.05) is 11.8 Å². The molecule has 1 saturated heterocycles. The van der Waals surface area contributed by atoms with Crippen LogP contribution in [-0.4, -0.2) is 43.0 Å². The summed E-state index contributed by atoms with van der Waals surface area (Å²) in [5.74, 6) is 0.224. The van der Waals surface area contributed by atoms with Gasteiger partial charge in [0.25, 0.3) is 0 Å². The molecule has 16 heavy (non-hydrogen) atoms. The molecule has 1 heterocycles. The third-order valence-corrected chi connectivity index (χ3v) is 2.86. The number of hydrogen-bond donors (Lipinski definition) is 2. The zero-order valence-corrected chi connectivity index (χ0v) is 10.2. The van der Waals surface area contributed by atoms with Gasteiger partial charge in [-0.1, -0.05) is 12.2 Å². The molecule has 0 aromatic carbocycles. The first-order valence-electron chi connectivity index (χ1n) is 5.99. The maximum Gasteiger partial charge on any atom is 0.224 e. The van der Waals surface area contributed by atoms with E-state index in [1.165, 1.54) is 0 Å². The van der Waals surface area contributed by atoms with Gasteiger partial charge in [-0.3, -0.25) is 4.79 Å². The van der Waals surface area contributed by atoms with Crippen LogP contribution in [0.15, 0.2) is 12.2 Å². The van der Waals surface area contributed by atoms with E-state index in [9.17, 15) is 4.79 Å². The lowest BCUT2D eigenvalue weighted by atomic mass is 10.1. The molecular formula is C12H23N3O. The fourth-order valence-corrected chi connectivity index (χ4v) is 1.86. The van der Waals surface area contributed by atoms with Crippen molar-refractivity contribution in [3.8, 4) is 0 Å². The predicted molar refractivity (Wildman–Crippen MR) is 66.1 cm³/mol. The number of carbonyl (C=O) groups excluding carboxylic acids is 1. The molecule has 0 aromatic heterocycles. The van der Waals surface area contributed by atoms with Crippen molar-refractivity contribution in [2.75, 3.05) is 26.2 Å². The number of nitrogens with one attached hydrogen (secondary N) is 1. The summed E-state index contributed by atoms with van der Waals surface area (Å²) in [7, 11) is 0. The van der Waals surface area contributed by atoms with Crippen molar-refractivity contribution in [3.63, 3.8) is 0 Å². The van der Waals surface area contributed by atoms with Crippen LogP contribution >= 0.6 is 0 Å². The summed E-state index contributed by atoms with van der Waals surface area (Å²) in [6.07, 6.45) is 2.78. The molecular weight excluding hydrogens is 202 g/mol. The van der Waals surface area contributed by atoms with E-state index in [0.717, 1.165) is 38.0 Å². The Morgan fingerprint density at radius 2 is 2.12 bits per heavy atom. The fourth-order valence-electron chi connectivity index (χ4n) is 1.86. The summed E-state index contributed by atoms with van der Waals surface area (Å²) >= 11 is 0. The molecule has 0 radical (unpaired) electrons. The zero-order chi connectivity index (χ0) is 12.0. The number of hydrogen-bond acceptors (Lipinski definition) is 3. The van der Waals surface area contributed by atoms with Gasteiger partial charge in [-0.15, -0.1) is 0 Å². The minimum atomic E-state index is 0.0739. The molecule has 0 aromatic rings. The minimum absolute atomic E-state index is 0.0739. The molecule has 0 bridgehead atoms. The first kappa shape index (κ1) is 13.2. The van der Waals surface area contributed by atoms with Gasteiger partial charge in [0.1, 0.15) is 0 Å². The Hall–Kier alpha value is -0.870. The van der Waals surface area contributed by atoms with E-state index in [4.69, 9.17) is 5.73 Å². The second kappa shape index (κ2) is 6.66. The Kier molecular flexibility index (Phi) is 5.49. The summed E-state index contributed by atoms with van der Waals surface area (Å²) in [5, 5.41) is 3.25. The van der Waals surface area contributed by atoms with Crippen LogP contribution in [0.5, 0.6) is 0 Å². The first-order chi connectivity index (χ1) is 7.63. The van der Waals surface area contributed by atoms with E-state index in [-0.39, 0.29) is 11.9 Å². The number of nitrogens with two attached hydrogens (primary N) is 1. The van der Waals surface area contributed by atoms with Crippen molar-refractivity contribution in [3.05, 3.63) is 12.2 Å². The van der Waals surface area contributed by atoms with Gasteiger partial charge in [0.2, 0.25) is 5.91 Å². The smallest absolute Gasteiger partial charge is 0.224 e. The van der Waals surface area contributed by atoms with Crippen LogP contribution in [0.2, 0.25) is 0 Å². The Bertz CT molecular complexity index is 247. The summed E-state index contributed by atoms with van der Waals surface area (Å²) in [5.41, 5.74) is 6.71. The van der Waals surface area contributed by atoms with Crippen LogP contribution < -0.4 is 11.1 Å². The molecule has 1 fully saturated rings. The quantitative estimate of drug-likeness (QED) is 0.647. The standard InChI is InChI=1S/C12H23N3O/c1-10(2)9-14-11(8-13)7-12(16)15-5-3-4-6-15/h11,14H,1,3-9,13H2,2H3. The Labute approximate surface area is 97.9 Å². The first-order valence-corrected chi connectivity index (χ1v) is 5.99. The van der Waals surface area contributed by atoms with Crippen LogP contribution in [0.3, 0.4) is 0 Å². The lowest BCUT2D eigenvalue weighted by Crippen LogP contribution is -2.42. The summed E-state index contributed by atoms with van der Waals surface area (Å²) in [4.78, 5) is 13.8. The Morgan fingerprint density at radius 1 is 1.50 bits per heavy atom. The number of amides is 1. The lowest BCUT2D eigenvalue weighted by Gasteiger charge is -2.21. The third-order valence-electron chi connectivity index (χ3n) is 2.86. The fraction of sp³-hybridized carbons (Fsp3) is 0.750. The largest absolute Gasteiger partial charge is 0.343 e. The van der Waals surface area contributed by atoms with Gasteiger partial charge >= 0.3 is 0 Å². The van der Waals surface area contributed by atoms with E-state index in [2.05, 4.69) is 11.9 Å². The summed E-state index contributed by atoms with van der Waals surface area (Å²) in [6.45, 7) is 8.83. The maximum atomic E-state index is 11.9. The van der Waals surface area contributed by atoms with Crippen molar-refractivity contribution in [2.45, 2.75) is 32.2 Å². The topological polar surface area (TPSA) is 58.4 Å². The predicted octanol–water partition coefficient (Wildman–Crippen LogP) is 0.492. The second-order valence-corrected chi connectivity index (χ2v) is 4.56. The Balaban J connectivity index is 2.30. The summed E-state index contributed by atoms with van der Waals surface area (Å²) < 4.78 is 0. The van der Waals surface area contributed by atoms with Crippen LogP contribution in [-0.2, 0) is 4.79 Å². The van der Waals surface area contributed by atoms with Crippen molar-refractivity contribution >= 4 is 5.91 Å². The van der Waals surface area contributed by atoms with Crippen LogP contribution in [0.25, 0.3) is 0 Å². The normalized spacial score (nSPS) is 17.5. The van der Waals surface area contributed by atoms with Gasteiger partial charge in [-0.25, -0.2) is 0 Å². The van der Waals surface area contributed by atoms with E-state index < -0.39 is 0 Å². The number of likely N-dealkylation sites (tertiary alicyclic amines) is 1. The maximum absolute atomic E-state index is 11.9. The monoisotopic (exact) mass is 225 g/mol. The molecule has 1 amide bonds. The number of rotatable bonds is 6. The molecule has 1 aliphatic heterocycles. The van der Waals surface area contributed by atoms with E-state index >= 15 is 0 Å². The van der Waals surface area contributed by atoms with Gasteiger partial charge in [0.05, 0.1) is 0 Å².